The number of nitrogens with zero attached hydrogens (tertiary/aromatic N) is 3. The van der Waals surface area contributed by atoms with Crippen LogP contribution in [0.15, 0.2) is 54.7 Å². The highest BCUT2D eigenvalue weighted by atomic mass is 35.5. The summed E-state index contributed by atoms with van der Waals surface area (Å²) in [5, 5.41) is 3.69. The largest absolute Gasteiger partial charge is 0.493 e. The first-order chi connectivity index (χ1) is 17.4. The van der Waals surface area contributed by atoms with Crippen LogP contribution in [0, 0.1) is 0 Å². The van der Waals surface area contributed by atoms with Gasteiger partial charge in [-0.2, -0.15) is 0 Å². The second-order valence-corrected chi connectivity index (χ2v) is 8.98. The highest BCUT2D eigenvalue weighted by molar-refractivity contribution is 6.42. The normalized spacial score (nSPS) is 10.9. The Kier molecular flexibility index (Phi) is 7.91. The van der Waals surface area contributed by atoms with Crippen LogP contribution in [-0.2, 0) is 13.0 Å². The Hall–Kier alpha value is -3.42. The van der Waals surface area contributed by atoms with E-state index in [1.165, 1.54) is 0 Å². The van der Waals surface area contributed by atoms with Crippen molar-refractivity contribution in [3.8, 4) is 11.5 Å². The molecule has 4 rings (SSSR count). The standard InChI is InChI=1S/C27H28Cl2N4O3/c1-5-22-27(32(6-2)15-17-7-11-23(35-3)24(13-17)36-4)33-16-18(8-12-25(33)31-22)26(34)30-19-9-10-20(28)21(29)14-19/h7-14,16H,5-6,15H2,1-4H3,(H,30,34). The molecule has 9 heteroatoms. The molecule has 0 aliphatic heterocycles. The minimum Gasteiger partial charge on any atom is -0.493 e. The third-order valence-electron chi connectivity index (χ3n) is 5.94. The van der Waals surface area contributed by atoms with E-state index in [-0.39, 0.29) is 5.91 Å². The van der Waals surface area contributed by atoms with Crippen molar-refractivity contribution in [2.24, 2.45) is 0 Å². The SMILES string of the molecule is CCc1nc2ccc(C(=O)Nc3ccc(Cl)c(Cl)c3)cn2c1N(CC)Cc1ccc(OC)c(OC)c1. The highest BCUT2D eigenvalue weighted by Crippen LogP contribution is 2.31. The third-order valence-corrected chi connectivity index (χ3v) is 6.68. The topological polar surface area (TPSA) is 68.1 Å². The molecule has 0 saturated heterocycles. The number of aromatic nitrogens is 2. The van der Waals surface area contributed by atoms with Crippen LogP contribution in [0.3, 0.4) is 0 Å². The summed E-state index contributed by atoms with van der Waals surface area (Å²) in [6.45, 7) is 5.56. The lowest BCUT2D eigenvalue weighted by molar-refractivity contribution is 0.102. The number of rotatable bonds is 9. The van der Waals surface area contributed by atoms with Gasteiger partial charge in [-0.05, 0) is 61.4 Å². The minimum atomic E-state index is -0.254. The summed E-state index contributed by atoms with van der Waals surface area (Å²) in [7, 11) is 3.25. The van der Waals surface area contributed by atoms with Crippen LogP contribution < -0.4 is 19.7 Å². The first kappa shape index (κ1) is 25.7. The molecule has 1 N–H and O–H groups in total. The quantitative estimate of drug-likeness (QED) is 0.269. The number of pyridine rings is 1. The smallest absolute Gasteiger partial charge is 0.257 e. The van der Waals surface area contributed by atoms with Crippen LogP contribution in [0.5, 0.6) is 11.5 Å². The summed E-state index contributed by atoms with van der Waals surface area (Å²) in [5.41, 5.74) is 3.87. The predicted octanol–water partition coefficient (Wildman–Crippen LogP) is 6.50. The fraction of sp³-hybridized carbons (Fsp3) is 0.259. The van der Waals surface area contributed by atoms with Gasteiger partial charge in [0.2, 0.25) is 0 Å². The predicted molar refractivity (Wildman–Crippen MR) is 145 cm³/mol. The average Bonchev–Trinajstić information content (AvgIpc) is 3.27. The average molecular weight is 527 g/mol. The van der Waals surface area contributed by atoms with Gasteiger partial charge in [-0.3, -0.25) is 9.20 Å². The van der Waals surface area contributed by atoms with E-state index < -0.39 is 0 Å². The van der Waals surface area contributed by atoms with Gasteiger partial charge in [0, 0.05) is 25.0 Å². The van der Waals surface area contributed by atoms with Crippen molar-refractivity contribution < 1.29 is 14.3 Å². The molecule has 36 heavy (non-hydrogen) atoms. The molecule has 1 amide bonds. The highest BCUT2D eigenvalue weighted by Gasteiger charge is 2.19. The van der Waals surface area contributed by atoms with Gasteiger partial charge < -0.3 is 19.7 Å². The van der Waals surface area contributed by atoms with Crippen molar-refractivity contribution >= 4 is 46.3 Å². The molecule has 7 nitrogen and oxygen atoms in total. The van der Waals surface area contributed by atoms with E-state index in [0.717, 1.165) is 35.7 Å². The fourth-order valence-electron chi connectivity index (χ4n) is 4.10. The number of halogens is 2. The molecular formula is C27H28Cl2N4O3. The zero-order chi connectivity index (χ0) is 25.8. The molecule has 2 heterocycles. The number of carbonyl (C=O) groups excluding carboxylic acids is 1. The summed E-state index contributed by atoms with van der Waals surface area (Å²) in [6, 6.07) is 14.5. The monoisotopic (exact) mass is 526 g/mol. The molecule has 0 bridgehead atoms. The first-order valence-electron chi connectivity index (χ1n) is 11.6. The molecule has 2 aromatic heterocycles. The number of amides is 1. The molecular weight excluding hydrogens is 499 g/mol. The molecule has 0 fully saturated rings. The molecule has 0 aliphatic carbocycles. The van der Waals surface area contributed by atoms with Crippen LogP contribution in [0.1, 0.15) is 35.5 Å². The lowest BCUT2D eigenvalue weighted by Gasteiger charge is -2.24. The number of hydrogen-bond donors (Lipinski definition) is 1. The van der Waals surface area contributed by atoms with E-state index in [2.05, 4.69) is 24.1 Å². The van der Waals surface area contributed by atoms with E-state index in [1.54, 1.807) is 38.5 Å². The summed E-state index contributed by atoms with van der Waals surface area (Å²) in [6.07, 6.45) is 2.57. The Morgan fingerprint density at radius 2 is 1.78 bits per heavy atom. The summed E-state index contributed by atoms with van der Waals surface area (Å²) in [5.74, 6) is 2.07. The molecule has 0 unspecified atom stereocenters. The number of anilines is 2. The number of hydrogen-bond acceptors (Lipinski definition) is 5. The number of methoxy groups -OCH3 is 2. The van der Waals surface area contributed by atoms with E-state index in [9.17, 15) is 4.79 Å². The number of carbonyl (C=O) groups is 1. The first-order valence-corrected chi connectivity index (χ1v) is 12.4. The molecule has 4 aromatic rings. The maximum absolute atomic E-state index is 13.0. The van der Waals surface area contributed by atoms with Crippen LogP contribution >= 0.6 is 23.2 Å². The summed E-state index contributed by atoms with van der Waals surface area (Å²) in [4.78, 5) is 20.1. The van der Waals surface area contributed by atoms with E-state index >= 15 is 0 Å². The molecule has 0 radical (unpaired) electrons. The van der Waals surface area contributed by atoms with Gasteiger partial charge >= 0.3 is 0 Å². The number of ether oxygens (including phenoxy) is 2. The summed E-state index contributed by atoms with van der Waals surface area (Å²) < 4.78 is 12.8. The molecule has 188 valence electrons. The van der Waals surface area contributed by atoms with Crippen molar-refractivity contribution in [2.45, 2.75) is 26.8 Å². The van der Waals surface area contributed by atoms with Crippen molar-refractivity contribution in [3.05, 3.63) is 81.6 Å². The lowest BCUT2D eigenvalue weighted by atomic mass is 10.1. The van der Waals surface area contributed by atoms with Crippen molar-refractivity contribution in [3.63, 3.8) is 0 Å². The number of nitrogens with one attached hydrogen (secondary N) is 1. The van der Waals surface area contributed by atoms with Crippen LogP contribution in [0.25, 0.3) is 5.65 Å². The maximum atomic E-state index is 13.0. The maximum Gasteiger partial charge on any atom is 0.257 e. The van der Waals surface area contributed by atoms with Crippen LogP contribution in [-0.4, -0.2) is 36.1 Å². The molecule has 0 aliphatic rings. The number of aryl methyl sites for hydroxylation is 1. The Morgan fingerprint density at radius 3 is 2.44 bits per heavy atom. The Balaban J connectivity index is 1.68. The van der Waals surface area contributed by atoms with Crippen molar-refractivity contribution in [1.82, 2.24) is 9.38 Å². The minimum absolute atomic E-state index is 0.254. The Labute approximate surface area is 220 Å². The zero-order valence-electron chi connectivity index (χ0n) is 20.6. The second kappa shape index (κ2) is 11.1. The van der Waals surface area contributed by atoms with Gasteiger partial charge in [0.1, 0.15) is 11.5 Å². The van der Waals surface area contributed by atoms with Crippen LogP contribution in [0.4, 0.5) is 11.5 Å². The molecule has 2 aromatic carbocycles. The fourth-order valence-corrected chi connectivity index (χ4v) is 4.40. The Bertz CT molecular complexity index is 1400. The van der Waals surface area contributed by atoms with Gasteiger partial charge in [0.05, 0.1) is 35.5 Å². The second-order valence-electron chi connectivity index (χ2n) is 8.17. The molecule has 0 saturated carbocycles. The van der Waals surface area contributed by atoms with E-state index in [0.29, 0.717) is 39.3 Å². The van der Waals surface area contributed by atoms with Gasteiger partial charge in [0.15, 0.2) is 11.5 Å². The van der Waals surface area contributed by atoms with Crippen molar-refractivity contribution in [2.75, 3.05) is 31.0 Å². The van der Waals surface area contributed by atoms with Gasteiger partial charge in [-0.1, -0.05) is 36.2 Å². The zero-order valence-corrected chi connectivity index (χ0v) is 22.2. The number of imidazole rings is 1. The van der Waals surface area contributed by atoms with E-state index in [1.807, 2.05) is 34.9 Å². The number of fused-ring (bicyclic) bond motifs is 1. The molecule has 0 atom stereocenters. The van der Waals surface area contributed by atoms with Gasteiger partial charge in [-0.15, -0.1) is 0 Å². The Morgan fingerprint density at radius 1 is 1.00 bits per heavy atom. The lowest BCUT2D eigenvalue weighted by Crippen LogP contribution is -2.25. The van der Waals surface area contributed by atoms with E-state index in [4.69, 9.17) is 37.7 Å². The summed E-state index contributed by atoms with van der Waals surface area (Å²) >= 11 is 12.1. The van der Waals surface area contributed by atoms with Crippen LogP contribution in [0.2, 0.25) is 10.0 Å². The van der Waals surface area contributed by atoms with Crippen molar-refractivity contribution in [1.29, 1.82) is 0 Å². The van der Waals surface area contributed by atoms with Gasteiger partial charge in [0.25, 0.3) is 5.91 Å². The number of benzene rings is 2. The molecule has 0 spiro atoms. The van der Waals surface area contributed by atoms with Gasteiger partial charge in [-0.25, -0.2) is 4.98 Å². The third kappa shape index (κ3) is 5.22.